The molecule has 0 aliphatic heterocycles. The molecule has 0 saturated heterocycles. The lowest BCUT2D eigenvalue weighted by Gasteiger charge is -2.20. The van der Waals surface area contributed by atoms with E-state index in [-0.39, 0.29) is 0 Å². The highest BCUT2D eigenvalue weighted by Crippen LogP contribution is 2.37. The summed E-state index contributed by atoms with van der Waals surface area (Å²) >= 11 is 0. The molecule has 2 aromatic rings. The van der Waals surface area contributed by atoms with Crippen LogP contribution >= 0.6 is 0 Å². The lowest BCUT2D eigenvalue weighted by atomic mass is 10.1. The zero-order valence-corrected chi connectivity index (χ0v) is 12.5. The minimum atomic E-state index is -5.74. The number of nitrogens with one attached hydrogen (secondary N) is 1. The van der Waals surface area contributed by atoms with Crippen molar-refractivity contribution in [2.24, 2.45) is 0 Å². The van der Waals surface area contributed by atoms with E-state index in [1.807, 2.05) is 12.1 Å². The van der Waals surface area contributed by atoms with Crippen LogP contribution in [0.4, 0.5) is 27.6 Å². The molecule has 2 nitrogen and oxygen atoms in total. The topological polar surface area (TPSA) is 21.3 Å². The Labute approximate surface area is 136 Å². The Morgan fingerprint density at radius 3 is 2.12 bits per heavy atom. The fraction of sp³-hybridized carbons (Fsp3) is 0.294. The average molecular weight is 344 g/mol. The highest BCUT2D eigenvalue weighted by molar-refractivity contribution is 5.42. The van der Waals surface area contributed by atoms with Gasteiger partial charge in [-0.15, -0.1) is 0 Å². The second-order valence-electron chi connectivity index (χ2n) is 5.08. The van der Waals surface area contributed by atoms with Gasteiger partial charge in [0.25, 0.3) is 0 Å². The van der Waals surface area contributed by atoms with E-state index in [1.165, 1.54) is 12.1 Å². The maximum Gasteiger partial charge on any atom is 0.499 e. The first-order valence-corrected chi connectivity index (χ1v) is 7.20. The van der Waals surface area contributed by atoms with Crippen molar-refractivity contribution in [3.05, 3.63) is 60.2 Å². The van der Waals surface area contributed by atoms with Crippen molar-refractivity contribution in [3.63, 3.8) is 0 Å². The Morgan fingerprint density at radius 2 is 1.54 bits per heavy atom. The number of halogens is 5. The largest absolute Gasteiger partial charge is 0.499 e. The molecule has 24 heavy (non-hydrogen) atoms. The molecule has 7 heteroatoms. The fourth-order valence-corrected chi connectivity index (χ4v) is 1.96. The van der Waals surface area contributed by atoms with Gasteiger partial charge in [0, 0.05) is 12.2 Å². The zero-order chi connectivity index (χ0) is 17.6. The van der Waals surface area contributed by atoms with Crippen molar-refractivity contribution >= 4 is 5.69 Å². The smallest absolute Gasteiger partial charge is 0.426 e. The molecule has 0 spiro atoms. The molecule has 1 N–H and O–H groups in total. The standard InChI is InChI=1S/C17H15F5NO/c18-16(19,20)17(21,22)24-15-10-8-13(9-11-15)5-4-12-23-14-6-2-1-3-7-14/h2-3,6-11,23H,4-5,12H2. The summed E-state index contributed by atoms with van der Waals surface area (Å²) in [5, 5.41) is 3.21. The van der Waals surface area contributed by atoms with Gasteiger partial charge in [-0.25, -0.2) is 0 Å². The van der Waals surface area contributed by atoms with Crippen molar-refractivity contribution in [1.29, 1.82) is 0 Å². The summed E-state index contributed by atoms with van der Waals surface area (Å²) in [5.41, 5.74) is 1.78. The zero-order valence-electron chi connectivity index (χ0n) is 12.5. The summed E-state index contributed by atoms with van der Waals surface area (Å²) in [6.45, 7) is 0.703. The fourth-order valence-electron chi connectivity index (χ4n) is 1.96. The third kappa shape index (κ3) is 5.11. The summed E-state index contributed by atoms with van der Waals surface area (Å²) in [6.07, 6.45) is -9.52. The second kappa shape index (κ2) is 7.51. The van der Waals surface area contributed by atoms with Gasteiger partial charge in [0.15, 0.2) is 0 Å². The van der Waals surface area contributed by atoms with E-state index in [0.29, 0.717) is 13.0 Å². The molecule has 0 saturated carbocycles. The van der Waals surface area contributed by atoms with Crippen LogP contribution in [0.25, 0.3) is 0 Å². The molecular weight excluding hydrogens is 329 g/mol. The van der Waals surface area contributed by atoms with Gasteiger partial charge in [0.2, 0.25) is 0 Å². The highest BCUT2D eigenvalue weighted by atomic mass is 19.4. The van der Waals surface area contributed by atoms with E-state index in [9.17, 15) is 22.0 Å². The first kappa shape index (κ1) is 18.0. The summed E-state index contributed by atoms with van der Waals surface area (Å²) in [7, 11) is 0. The number of benzene rings is 2. The Bertz CT molecular complexity index is 626. The monoisotopic (exact) mass is 344 g/mol. The van der Waals surface area contributed by atoms with Crippen LogP contribution in [0.2, 0.25) is 0 Å². The number of aryl methyl sites for hydroxylation is 1. The lowest BCUT2D eigenvalue weighted by Crippen LogP contribution is -2.41. The van der Waals surface area contributed by atoms with Gasteiger partial charge in [0.1, 0.15) is 5.75 Å². The normalized spacial score (nSPS) is 12.0. The van der Waals surface area contributed by atoms with Crippen LogP contribution < -0.4 is 10.1 Å². The third-order valence-corrected chi connectivity index (χ3v) is 3.19. The predicted molar refractivity (Wildman–Crippen MR) is 80.2 cm³/mol. The molecule has 2 aromatic carbocycles. The van der Waals surface area contributed by atoms with Gasteiger partial charge >= 0.3 is 12.3 Å². The van der Waals surface area contributed by atoms with Crippen LogP contribution in [-0.4, -0.2) is 18.8 Å². The number of ether oxygens (including phenoxy) is 1. The van der Waals surface area contributed by atoms with Crippen molar-refractivity contribution in [3.8, 4) is 5.75 Å². The predicted octanol–water partition coefficient (Wildman–Crippen LogP) is 5.07. The van der Waals surface area contributed by atoms with Crippen molar-refractivity contribution in [2.45, 2.75) is 25.1 Å². The molecular formula is C17H15F5NO. The van der Waals surface area contributed by atoms with Crippen molar-refractivity contribution in [1.82, 2.24) is 0 Å². The summed E-state index contributed by atoms with van der Waals surface area (Å²) in [4.78, 5) is 0. The average Bonchev–Trinajstić information content (AvgIpc) is 2.53. The van der Waals surface area contributed by atoms with Gasteiger partial charge in [-0.2, -0.15) is 22.0 Å². The molecule has 129 valence electrons. The van der Waals surface area contributed by atoms with Crippen LogP contribution in [0.1, 0.15) is 12.0 Å². The molecule has 0 heterocycles. The maximum absolute atomic E-state index is 12.8. The number of hydrogen-bond acceptors (Lipinski definition) is 2. The summed E-state index contributed by atoms with van der Waals surface area (Å²) in [5.74, 6) is -0.528. The number of rotatable bonds is 7. The van der Waals surface area contributed by atoms with Crippen LogP contribution in [0, 0.1) is 6.07 Å². The van der Waals surface area contributed by atoms with Crippen LogP contribution in [0.15, 0.2) is 48.5 Å². The van der Waals surface area contributed by atoms with Crippen molar-refractivity contribution in [2.75, 3.05) is 11.9 Å². The molecule has 2 rings (SSSR count). The number of anilines is 1. The lowest BCUT2D eigenvalue weighted by molar-refractivity contribution is -0.360. The van der Waals surface area contributed by atoms with Gasteiger partial charge in [0.05, 0.1) is 0 Å². The Balaban J connectivity index is 1.80. The highest BCUT2D eigenvalue weighted by Gasteiger charge is 2.61. The van der Waals surface area contributed by atoms with Gasteiger partial charge < -0.3 is 10.1 Å². The van der Waals surface area contributed by atoms with E-state index >= 15 is 0 Å². The van der Waals surface area contributed by atoms with E-state index in [1.54, 1.807) is 12.1 Å². The van der Waals surface area contributed by atoms with E-state index in [0.717, 1.165) is 29.8 Å². The second-order valence-corrected chi connectivity index (χ2v) is 5.08. The summed E-state index contributed by atoms with van der Waals surface area (Å²) in [6, 6.07) is 15.4. The van der Waals surface area contributed by atoms with E-state index < -0.39 is 18.0 Å². The molecule has 0 fully saturated rings. The van der Waals surface area contributed by atoms with Crippen LogP contribution in [-0.2, 0) is 6.42 Å². The van der Waals surface area contributed by atoms with Crippen LogP contribution in [0.5, 0.6) is 5.75 Å². The molecule has 0 aromatic heterocycles. The minimum Gasteiger partial charge on any atom is -0.426 e. The molecule has 0 aliphatic carbocycles. The molecule has 0 unspecified atom stereocenters. The molecule has 0 amide bonds. The third-order valence-electron chi connectivity index (χ3n) is 3.19. The molecule has 0 bridgehead atoms. The van der Waals surface area contributed by atoms with E-state index in [4.69, 9.17) is 0 Å². The van der Waals surface area contributed by atoms with Gasteiger partial charge in [-0.05, 0) is 48.7 Å². The quantitative estimate of drug-likeness (QED) is 0.560. The molecule has 1 radical (unpaired) electrons. The Hall–Kier alpha value is -2.31. The Kier molecular flexibility index (Phi) is 5.64. The van der Waals surface area contributed by atoms with Gasteiger partial charge in [-0.1, -0.05) is 24.3 Å². The Morgan fingerprint density at radius 1 is 0.917 bits per heavy atom. The first-order chi connectivity index (χ1) is 11.3. The SMILES string of the molecule is FC(F)(F)C(F)(F)Oc1ccc(CCCNc2cc[c]cc2)cc1. The number of alkyl halides is 5. The van der Waals surface area contributed by atoms with E-state index in [2.05, 4.69) is 16.1 Å². The van der Waals surface area contributed by atoms with Crippen LogP contribution in [0.3, 0.4) is 0 Å². The minimum absolute atomic E-state index is 0.528. The summed E-state index contributed by atoms with van der Waals surface area (Å²) < 4.78 is 65.4. The maximum atomic E-state index is 12.8. The molecule has 0 aliphatic rings. The first-order valence-electron chi connectivity index (χ1n) is 7.20. The molecule has 0 atom stereocenters. The van der Waals surface area contributed by atoms with Gasteiger partial charge in [-0.3, -0.25) is 0 Å². The number of hydrogen-bond donors (Lipinski definition) is 1. The van der Waals surface area contributed by atoms with Crippen molar-refractivity contribution < 1.29 is 26.7 Å².